The molecule has 3 aromatic carbocycles. The Kier molecular flexibility index (Phi) is 13.4. The van der Waals surface area contributed by atoms with Crippen LogP contribution in [0.2, 0.25) is 0 Å². The first-order chi connectivity index (χ1) is 26.5. The van der Waals surface area contributed by atoms with Crippen LogP contribution in [0.25, 0.3) is 0 Å². The Morgan fingerprint density at radius 1 is 0.782 bits per heavy atom. The van der Waals surface area contributed by atoms with E-state index in [-0.39, 0.29) is 23.3 Å². The second kappa shape index (κ2) is 18.6. The Hall–Kier alpha value is -4.96. The molecule has 1 atom stereocenters. The lowest BCUT2D eigenvalue weighted by Crippen LogP contribution is -2.22. The minimum atomic E-state index is -0.962. The fourth-order valence-corrected chi connectivity index (χ4v) is 9.50. The summed E-state index contributed by atoms with van der Waals surface area (Å²) in [5, 5.41) is 28.6. The summed E-state index contributed by atoms with van der Waals surface area (Å²) in [5.74, 6) is -0.634. The second-order valence-corrected chi connectivity index (χ2v) is 16.9. The van der Waals surface area contributed by atoms with Crippen LogP contribution < -0.4 is 16.0 Å². The van der Waals surface area contributed by atoms with Crippen molar-refractivity contribution in [1.29, 1.82) is 0 Å². The van der Waals surface area contributed by atoms with Gasteiger partial charge < -0.3 is 26.2 Å². The molecule has 1 aromatic heterocycles. The van der Waals surface area contributed by atoms with E-state index in [2.05, 4.69) is 35.9 Å². The smallest absolute Gasteiger partial charge is 0.335 e. The molecule has 9 nitrogen and oxygen atoms in total. The highest BCUT2D eigenvalue weighted by Crippen LogP contribution is 2.39. The van der Waals surface area contributed by atoms with Crippen molar-refractivity contribution in [2.75, 3.05) is 16.0 Å². The molecule has 0 spiro atoms. The van der Waals surface area contributed by atoms with Crippen LogP contribution in [0.5, 0.6) is 0 Å². The Morgan fingerprint density at radius 3 is 2.18 bits per heavy atom. The summed E-state index contributed by atoms with van der Waals surface area (Å²) in [6, 6.07) is 22.1. The normalized spacial score (nSPS) is 17.2. The molecule has 1 saturated carbocycles. The van der Waals surface area contributed by atoms with Crippen LogP contribution in [0.15, 0.2) is 72.8 Å². The molecule has 5 N–H and O–H groups in total. The third-order valence-electron chi connectivity index (χ3n) is 11.2. The fraction of sp³-hybridized carbons (Fsp3) is 0.422. The van der Waals surface area contributed by atoms with E-state index in [4.69, 9.17) is 5.11 Å². The van der Waals surface area contributed by atoms with Gasteiger partial charge in [0.15, 0.2) is 0 Å². The van der Waals surface area contributed by atoms with Crippen LogP contribution in [0.1, 0.15) is 124 Å². The van der Waals surface area contributed by atoms with Crippen molar-refractivity contribution in [2.24, 2.45) is 23.7 Å². The molecule has 290 valence electrons. The number of carboxylic acid groups (broad SMARTS) is 2. The predicted molar refractivity (Wildman–Crippen MR) is 219 cm³/mol. The van der Waals surface area contributed by atoms with Crippen LogP contribution in [0, 0.1) is 23.7 Å². The van der Waals surface area contributed by atoms with Gasteiger partial charge in [0.1, 0.15) is 5.00 Å². The lowest BCUT2D eigenvalue weighted by molar-refractivity contribution is -0.143. The number of aromatic carboxylic acids is 1. The molecule has 0 saturated heterocycles. The Balaban J connectivity index is 1.09. The van der Waals surface area contributed by atoms with E-state index in [1.165, 1.54) is 11.3 Å². The van der Waals surface area contributed by atoms with E-state index in [0.29, 0.717) is 46.1 Å². The van der Waals surface area contributed by atoms with Crippen molar-refractivity contribution in [2.45, 2.75) is 97.4 Å². The summed E-state index contributed by atoms with van der Waals surface area (Å²) in [6.45, 7) is 5.04. The number of carboxylic acids is 2. The van der Waals surface area contributed by atoms with Gasteiger partial charge in [-0.3, -0.25) is 14.4 Å². The van der Waals surface area contributed by atoms with E-state index in [0.717, 1.165) is 104 Å². The van der Waals surface area contributed by atoms with Gasteiger partial charge in [-0.1, -0.05) is 44.5 Å². The monoisotopic (exact) mass is 763 g/mol. The molecule has 1 fully saturated rings. The quantitative estimate of drug-likeness (QED) is 0.0764. The van der Waals surface area contributed by atoms with Gasteiger partial charge in [0.25, 0.3) is 11.8 Å². The van der Waals surface area contributed by atoms with E-state index in [9.17, 15) is 24.3 Å². The van der Waals surface area contributed by atoms with Crippen LogP contribution in [0.4, 0.5) is 16.4 Å². The summed E-state index contributed by atoms with van der Waals surface area (Å²) in [5.41, 5.74) is 5.99. The second-order valence-electron chi connectivity index (χ2n) is 15.8. The highest BCUT2D eigenvalue weighted by atomic mass is 32.1. The summed E-state index contributed by atoms with van der Waals surface area (Å²) < 4.78 is 0. The zero-order chi connectivity index (χ0) is 38.9. The van der Waals surface area contributed by atoms with Crippen molar-refractivity contribution < 1.29 is 29.4 Å². The molecule has 2 amide bonds. The topological polar surface area (TPSA) is 145 Å². The Bertz CT molecular complexity index is 1960. The third-order valence-corrected chi connectivity index (χ3v) is 12.4. The molecule has 0 aliphatic heterocycles. The van der Waals surface area contributed by atoms with Gasteiger partial charge >= 0.3 is 11.9 Å². The minimum absolute atomic E-state index is 0.186. The number of rotatable bonds is 16. The number of aryl methyl sites for hydroxylation is 1. The lowest BCUT2D eigenvalue weighted by Gasteiger charge is -2.28. The fourth-order valence-electron chi connectivity index (χ4n) is 8.22. The zero-order valence-electron chi connectivity index (χ0n) is 31.9. The van der Waals surface area contributed by atoms with Crippen LogP contribution in [-0.2, 0) is 30.6 Å². The van der Waals surface area contributed by atoms with Gasteiger partial charge in [0, 0.05) is 28.4 Å². The highest BCUT2D eigenvalue weighted by molar-refractivity contribution is 7.17. The average molecular weight is 764 g/mol. The summed E-state index contributed by atoms with van der Waals surface area (Å²) in [7, 11) is 0. The molecule has 2 aliphatic rings. The molecule has 10 heteroatoms. The highest BCUT2D eigenvalue weighted by Gasteiger charge is 2.28. The van der Waals surface area contributed by atoms with Gasteiger partial charge in [-0.25, -0.2) is 4.79 Å². The molecule has 1 heterocycles. The molecule has 6 rings (SSSR count). The molecular formula is C45H53N3O6S. The van der Waals surface area contributed by atoms with Crippen LogP contribution in [0.3, 0.4) is 0 Å². The number of hydrogen-bond acceptors (Lipinski definition) is 6. The van der Waals surface area contributed by atoms with Crippen LogP contribution >= 0.6 is 11.3 Å². The molecular weight excluding hydrogens is 711 g/mol. The maximum Gasteiger partial charge on any atom is 0.335 e. The van der Waals surface area contributed by atoms with Crippen molar-refractivity contribution in [3.05, 3.63) is 111 Å². The van der Waals surface area contributed by atoms with Gasteiger partial charge in [-0.15, -0.1) is 11.3 Å². The molecule has 4 aromatic rings. The minimum Gasteiger partial charge on any atom is -0.481 e. The van der Waals surface area contributed by atoms with Gasteiger partial charge in [-0.2, -0.15) is 0 Å². The maximum atomic E-state index is 13.9. The number of amides is 2. The average Bonchev–Trinajstić information content (AvgIpc) is 3.54. The van der Waals surface area contributed by atoms with E-state index in [1.54, 1.807) is 24.3 Å². The first-order valence-corrected chi connectivity index (χ1v) is 20.6. The summed E-state index contributed by atoms with van der Waals surface area (Å²) >= 11 is 1.51. The first-order valence-electron chi connectivity index (χ1n) is 19.8. The number of fused-ring (bicyclic) bond motifs is 1. The predicted octanol–water partition coefficient (Wildman–Crippen LogP) is 10.3. The van der Waals surface area contributed by atoms with Gasteiger partial charge in [0.05, 0.1) is 17.0 Å². The molecule has 0 radical (unpaired) electrons. The van der Waals surface area contributed by atoms with Crippen molar-refractivity contribution in [3.63, 3.8) is 0 Å². The van der Waals surface area contributed by atoms with E-state index >= 15 is 0 Å². The van der Waals surface area contributed by atoms with Gasteiger partial charge in [-0.05, 0) is 154 Å². The number of nitrogens with one attached hydrogen (secondary N) is 3. The number of thiophene rings is 1. The zero-order valence-corrected chi connectivity index (χ0v) is 32.7. The molecule has 0 bridgehead atoms. The molecule has 1 unspecified atom stereocenters. The lowest BCUT2D eigenvalue weighted by atomic mass is 9.77. The Morgan fingerprint density at radius 2 is 1.49 bits per heavy atom. The number of aliphatic carboxylic acids is 1. The van der Waals surface area contributed by atoms with E-state index in [1.807, 2.05) is 42.5 Å². The van der Waals surface area contributed by atoms with Gasteiger partial charge in [0.2, 0.25) is 0 Å². The third kappa shape index (κ3) is 10.8. The summed E-state index contributed by atoms with van der Waals surface area (Å²) in [6.07, 6.45) is 11.5. The van der Waals surface area contributed by atoms with Crippen molar-refractivity contribution in [1.82, 2.24) is 0 Å². The van der Waals surface area contributed by atoms with Crippen molar-refractivity contribution >= 4 is 51.5 Å². The number of benzene rings is 3. The number of carbonyl (C=O) groups is 4. The van der Waals surface area contributed by atoms with Crippen LogP contribution in [-0.4, -0.2) is 34.0 Å². The number of hydrogen-bond donors (Lipinski definition) is 5. The van der Waals surface area contributed by atoms with E-state index < -0.39 is 11.9 Å². The number of anilines is 3. The Labute approximate surface area is 328 Å². The SMILES string of the molecule is CC(C)CC(CCC1CCC(C(=O)O)CC1)Cc1cccc(C(=O)Nc2sc3c(c2C(=O)Nc2ccc(CNc4ccc(C(=O)O)cc4)cc2)CCCC3)c1. The molecule has 55 heavy (non-hydrogen) atoms. The number of carbonyl (C=O) groups excluding carboxylic acids is 2. The molecule has 2 aliphatic carbocycles. The summed E-state index contributed by atoms with van der Waals surface area (Å²) in [4.78, 5) is 51.4. The maximum absolute atomic E-state index is 13.9. The van der Waals surface area contributed by atoms with Crippen molar-refractivity contribution in [3.8, 4) is 0 Å². The standard InChI is InChI=1S/C45H53N3O6S/c1-28(2)24-32(11-10-29-12-16-33(17-13-29)44(51)52)25-31-6-5-7-35(26-31)41(49)48-43-40(38-8-3-4-9-39(38)55-43)42(50)47-37-20-14-30(15-21-37)27-46-36-22-18-34(19-23-36)45(53)54/h5-7,14-15,18-23,26,28-29,32-33,46H,3-4,8-13,16-17,24-25,27H2,1-2H3,(H,47,50)(H,48,49)(H,51,52)(H,53,54). The largest absolute Gasteiger partial charge is 0.481 e. The first kappa shape index (κ1) is 39.7.